The Labute approximate surface area is 126 Å². The van der Waals surface area contributed by atoms with E-state index in [2.05, 4.69) is 37.9 Å². The van der Waals surface area contributed by atoms with Gasteiger partial charge in [0.25, 0.3) is 0 Å². The number of rotatable bonds is 9. The van der Waals surface area contributed by atoms with Gasteiger partial charge in [-0.05, 0) is 52.1 Å². The van der Waals surface area contributed by atoms with Crippen LogP contribution in [0, 0.1) is 0 Å². The average molecular weight is 284 g/mol. The van der Waals surface area contributed by atoms with Crippen molar-refractivity contribution in [3.05, 3.63) is 0 Å². The number of piperidine rings is 1. The van der Waals surface area contributed by atoms with Crippen LogP contribution >= 0.6 is 0 Å². The Hall–Kier alpha value is -0.120. The molecule has 0 saturated carbocycles. The first-order valence-electron chi connectivity index (χ1n) is 8.62. The van der Waals surface area contributed by atoms with Crippen LogP contribution in [0.2, 0.25) is 0 Å². The highest BCUT2D eigenvalue weighted by molar-refractivity contribution is 4.91. The fourth-order valence-corrected chi connectivity index (χ4v) is 3.56. The average Bonchev–Trinajstić information content (AvgIpc) is 2.45. The molecule has 1 aliphatic rings. The first-order valence-corrected chi connectivity index (χ1v) is 8.62. The first-order chi connectivity index (χ1) is 9.60. The smallest absolute Gasteiger partial charge is 0.0777 e. The molecule has 0 aliphatic carbocycles. The molecule has 0 aromatic carbocycles. The monoisotopic (exact) mass is 284 g/mol. The maximum atomic E-state index is 5.76. The predicted octanol–water partition coefficient (Wildman–Crippen LogP) is 3.43. The van der Waals surface area contributed by atoms with E-state index in [0.29, 0.717) is 12.1 Å². The molecular formula is C17H36N2O. The van der Waals surface area contributed by atoms with E-state index < -0.39 is 0 Å². The fourth-order valence-electron chi connectivity index (χ4n) is 3.56. The van der Waals surface area contributed by atoms with Gasteiger partial charge in [-0.15, -0.1) is 0 Å². The van der Waals surface area contributed by atoms with E-state index in [4.69, 9.17) is 4.74 Å². The number of likely N-dealkylation sites (tertiary alicyclic amines) is 1. The minimum atomic E-state index is 0.0488. The fraction of sp³-hybridized carbons (Fsp3) is 1.00. The molecule has 3 atom stereocenters. The summed E-state index contributed by atoms with van der Waals surface area (Å²) in [5.41, 5.74) is 0.0488. The van der Waals surface area contributed by atoms with Crippen LogP contribution in [0.25, 0.3) is 0 Å². The zero-order chi connectivity index (χ0) is 15.0. The maximum absolute atomic E-state index is 5.76. The first kappa shape index (κ1) is 17.9. The van der Waals surface area contributed by atoms with Crippen molar-refractivity contribution in [1.29, 1.82) is 0 Å². The Morgan fingerprint density at radius 3 is 2.55 bits per heavy atom. The zero-order valence-corrected chi connectivity index (χ0v) is 14.4. The topological polar surface area (TPSA) is 24.5 Å². The van der Waals surface area contributed by atoms with E-state index in [1.165, 1.54) is 45.1 Å². The van der Waals surface area contributed by atoms with Gasteiger partial charge in [-0.2, -0.15) is 0 Å². The molecule has 0 aromatic heterocycles. The van der Waals surface area contributed by atoms with Crippen LogP contribution in [0.4, 0.5) is 0 Å². The molecule has 0 bridgehead atoms. The highest BCUT2D eigenvalue weighted by Gasteiger charge is 2.35. The van der Waals surface area contributed by atoms with Crippen molar-refractivity contribution in [3.8, 4) is 0 Å². The minimum absolute atomic E-state index is 0.0488. The van der Waals surface area contributed by atoms with E-state index in [1.54, 1.807) is 0 Å². The van der Waals surface area contributed by atoms with E-state index in [1.807, 2.05) is 7.11 Å². The Kier molecular flexibility index (Phi) is 8.08. The van der Waals surface area contributed by atoms with E-state index in [-0.39, 0.29) is 5.60 Å². The Morgan fingerprint density at radius 2 is 2.00 bits per heavy atom. The molecule has 120 valence electrons. The standard InChI is InChI=1S/C17H36N2O/c1-6-10-15(18-12-7-2)16(8-3)19-13-9-11-17(4,14-19)20-5/h15-16,18H,6-14H2,1-5H3. The summed E-state index contributed by atoms with van der Waals surface area (Å²) in [6, 6.07) is 1.28. The number of hydrogen-bond donors (Lipinski definition) is 1. The van der Waals surface area contributed by atoms with Gasteiger partial charge >= 0.3 is 0 Å². The number of nitrogens with one attached hydrogen (secondary N) is 1. The highest BCUT2D eigenvalue weighted by atomic mass is 16.5. The van der Waals surface area contributed by atoms with Gasteiger partial charge in [0.1, 0.15) is 0 Å². The summed E-state index contributed by atoms with van der Waals surface area (Å²) in [6.07, 6.45) is 7.42. The summed E-state index contributed by atoms with van der Waals surface area (Å²) in [7, 11) is 1.86. The van der Waals surface area contributed by atoms with Crippen molar-refractivity contribution in [2.24, 2.45) is 0 Å². The number of methoxy groups -OCH3 is 1. The molecule has 3 unspecified atom stereocenters. The summed E-state index contributed by atoms with van der Waals surface area (Å²) in [5, 5.41) is 3.78. The third-order valence-corrected chi connectivity index (χ3v) is 4.79. The molecule has 0 radical (unpaired) electrons. The van der Waals surface area contributed by atoms with Crippen molar-refractivity contribution >= 4 is 0 Å². The van der Waals surface area contributed by atoms with Gasteiger partial charge in [0, 0.05) is 25.7 Å². The Morgan fingerprint density at radius 1 is 1.25 bits per heavy atom. The summed E-state index contributed by atoms with van der Waals surface area (Å²) >= 11 is 0. The van der Waals surface area contributed by atoms with E-state index in [9.17, 15) is 0 Å². The van der Waals surface area contributed by atoms with Gasteiger partial charge in [-0.1, -0.05) is 27.2 Å². The van der Waals surface area contributed by atoms with Crippen LogP contribution in [0.1, 0.15) is 66.2 Å². The van der Waals surface area contributed by atoms with Crippen LogP contribution in [-0.4, -0.2) is 49.3 Å². The molecule has 1 heterocycles. The minimum Gasteiger partial charge on any atom is -0.377 e. The molecule has 1 rings (SSSR count). The van der Waals surface area contributed by atoms with Crippen molar-refractivity contribution < 1.29 is 4.74 Å². The maximum Gasteiger partial charge on any atom is 0.0777 e. The zero-order valence-electron chi connectivity index (χ0n) is 14.4. The number of nitrogens with zero attached hydrogens (tertiary/aromatic N) is 1. The van der Waals surface area contributed by atoms with Gasteiger partial charge in [0.05, 0.1) is 5.60 Å². The van der Waals surface area contributed by atoms with Crippen LogP contribution in [0.15, 0.2) is 0 Å². The Bertz CT molecular complexity index is 259. The second kappa shape index (κ2) is 9.01. The van der Waals surface area contributed by atoms with Gasteiger partial charge < -0.3 is 10.1 Å². The normalized spacial score (nSPS) is 27.4. The molecular weight excluding hydrogens is 248 g/mol. The molecule has 1 saturated heterocycles. The predicted molar refractivity (Wildman–Crippen MR) is 87.3 cm³/mol. The lowest BCUT2D eigenvalue weighted by Crippen LogP contribution is -2.57. The van der Waals surface area contributed by atoms with Gasteiger partial charge in [0.15, 0.2) is 0 Å². The second-order valence-corrected chi connectivity index (χ2v) is 6.55. The van der Waals surface area contributed by atoms with Crippen LogP contribution < -0.4 is 5.32 Å². The summed E-state index contributed by atoms with van der Waals surface area (Å²) in [4.78, 5) is 2.68. The Balaban J connectivity index is 2.70. The van der Waals surface area contributed by atoms with Crippen molar-refractivity contribution in [1.82, 2.24) is 10.2 Å². The summed E-state index contributed by atoms with van der Waals surface area (Å²) in [5.74, 6) is 0. The van der Waals surface area contributed by atoms with Gasteiger partial charge in [-0.3, -0.25) is 4.90 Å². The van der Waals surface area contributed by atoms with Crippen LogP contribution in [-0.2, 0) is 4.74 Å². The largest absolute Gasteiger partial charge is 0.377 e. The number of hydrogen-bond acceptors (Lipinski definition) is 3. The molecule has 0 amide bonds. The molecule has 1 N–H and O–H groups in total. The summed E-state index contributed by atoms with van der Waals surface area (Å²) < 4.78 is 5.76. The van der Waals surface area contributed by atoms with Crippen LogP contribution in [0.5, 0.6) is 0 Å². The van der Waals surface area contributed by atoms with Crippen LogP contribution in [0.3, 0.4) is 0 Å². The SMILES string of the molecule is CCCNC(CCC)C(CC)N1CCCC(C)(OC)C1. The molecule has 0 spiro atoms. The van der Waals surface area contributed by atoms with Gasteiger partial charge in [-0.25, -0.2) is 0 Å². The number of ether oxygens (including phenoxy) is 1. The second-order valence-electron chi connectivity index (χ2n) is 6.55. The van der Waals surface area contributed by atoms with Crippen molar-refractivity contribution in [3.63, 3.8) is 0 Å². The lowest BCUT2D eigenvalue weighted by molar-refractivity contribution is -0.0656. The molecule has 20 heavy (non-hydrogen) atoms. The van der Waals surface area contributed by atoms with Gasteiger partial charge in [0.2, 0.25) is 0 Å². The molecule has 3 nitrogen and oxygen atoms in total. The lowest BCUT2D eigenvalue weighted by atomic mass is 9.90. The van der Waals surface area contributed by atoms with Crippen molar-refractivity contribution in [2.75, 3.05) is 26.7 Å². The molecule has 3 heteroatoms. The highest BCUT2D eigenvalue weighted by Crippen LogP contribution is 2.27. The third-order valence-electron chi connectivity index (χ3n) is 4.79. The molecule has 0 aromatic rings. The summed E-state index contributed by atoms with van der Waals surface area (Å²) in [6.45, 7) is 12.6. The van der Waals surface area contributed by atoms with E-state index >= 15 is 0 Å². The lowest BCUT2D eigenvalue weighted by Gasteiger charge is -2.45. The third kappa shape index (κ3) is 5.01. The quantitative estimate of drug-likeness (QED) is 0.702. The molecule has 1 aliphatic heterocycles. The van der Waals surface area contributed by atoms with Crippen molar-refractivity contribution in [2.45, 2.75) is 83.9 Å². The van der Waals surface area contributed by atoms with E-state index in [0.717, 1.165) is 13.1 Å². The molecule has 1 fully saturated rings.